The minimum Gasteiger partial charge on any atom is -0.258 e. The number of hydrogen-bond donors (Lipinski definition) is 0. The molecular weight excluding hydrogens is 336 g/mol. The van der Waals surface area contributed by atoms with Gasteiger partial charge in [-0.25, -0.2) is 4.98 Å². The SMILES string of the molecule is O=[N+]([O-])c1ccccc1-c1nc2ccc3ccccc3c2c2c1CCCC2. The summed E-state index contributed by atoms with van der Waals surface area (Å²) in [6, 6.07) is 19.5. The maximum Gasteiger partial charge on any atom is 0.278 e. The Morgan fingerprint density at radius 2 is 1.59 bits per heavy atom. The van der Waals surface area contributed by atoms with E-state index < -0.39 is 0 Å². The molecule has 1 heterocycles. The topological polar surface area (TPSA) is 56.0 Å². The van der Waals surface area contributed by atoms with Crippen LogP contribution in [-0.4, -0.2) is 9.91 Å². The van der Waals surface area contributed by atoms with E-state index in [1.54, 1.807) is 12.1 Å². The van der Waals surface area contributed by atoms with Crippen molar-refractivity contribution in [2.24, 2.45) is 0 Å². The first-order valence-corrected chi connectivity index (χ1v) is 9.31. The Morgan fingerprint density at radius 1 is 0.852 bits per heavy atom. The molecule has 0 fully saturated rings. The van der Waals surface area contributed by atoms with Crippen LogP contribution in [-0.2, 0) is 12.8 Å². The van der Waals surface area contributed by atoms with E-state index in [-0.39, 0.29) is 10.6 Å². The molecule has 0 unspecified atom stereocenters. The minimum absolute atomic E-state index is 0.123. The number of nitro benzene ring substituents is 1. The van der Waals surface area contributed by atoms with Gasteiger partial charge in [0.05, 0.1) is 21.7 Å². The van der Waals surface area contributed by atoms with Gasteiger partial charge in [0.15, 0.2) is 0 Å². The van der Waals surface area contributed by atoms with Crippen LogP contribution in [0.15, 0.2) is 60.7 Å². The summed E-state index contributed by atoms with van der Waals surface area (Å²) in [5, 5.41) is 15.2. The maximum atomic E-state index is 11.6. The standard InChI is InChI=1S/C23H18N2O2/c26-25(27)21-12-6-5-11-19(21)23-18-10-4-3-9-17(18)22-16-8-2-1-7-15(16)13-14-20(22)24-23/h1-2,5-8,11-14H,3-4,9-10H2. The number of para-hydroxylation sites is 1. The molecule has 1 aliphatic rings. The van der Waals surface area contributed by atoms with Crippen molar-refractivity contribution in [1.29, 1.82) is 0 Å². The van der Waals surface area contributed by atoms with E-state index in [1.165, 1.54) is 27.3 Å². The maximum absolute atomic E-state index is 11.6. The molecule has 4 aromatic rings. The van der Waals surface area contributed by atoms with Crippen LogP contribution in [0.5, 0.6) is 0 Å². The number of fused-ring (bicyclic) bond motifs is 5. The molecule has 5 rings (SSSR count). The fourth-order valence-corrected chi connectivity index (χ4v) is 4.36. The minimum atomic E-state index is -0.309. The third-order valence-corrected chi connectivity index (χ3v) is 5.55. The average Bonchev–Trinajstić information content (AvgIpc) is 2.72. The lowest BCUT2D eigenvalue weighted by Gasteiger charge is -2.22. The molecular formula is C23H18N2O2. The number of pyridine rings is 1. The van der Waals surface area contributed by atoms with Gasteiger partial charge >= 0.3 is 0 Å². The molecule has 0 aliphatic heterocycles. The van der Waals surface area contributed by atoms with Crippen LogP contribution in [0, 0.1) is 10.1 Å². The summed E-state index contributed by atoms with van der Waals surface area (Å²) in [6.07, 6.45) is 4.16. The van der Waals surface area contributed by atoms with E-state index in [9.17, 15) is 10.1 Å². The molecule has 1 aromatic heterocycles. The van der Waals surface area contributed by atoms with Crippen LogP contribution in [0.25, 0.3) is 32.9 Å². The Hall–Kier alpha value is -3.27. The molecule has 4 heteroatoms. The van der Waals surface area contributed by atoms with Crippen LogP contribution in [0.1, 0.15) is 24.0 Å². The first-order chi connectivity index (χ1) is 13.2. The van der Waals surface area contributed by atoms with Crippen LogP contribution in [0.4, 0.5) is 5.69 Å². The van der Waals surface area contributed by atoms with Crippen LogP contribution in [0.3, 0.4) is 0 Å². The van der Waals surface area contributed by atoms with Crippen molar-refractivity contribution >= 4 is 27.4 Å². The van der Waals surface area contributed by atoms with Crippen molar-refractivity contribution < 1.29 is 4.92 Å². The number of aryl methyl sites for hydroxylation is 1. The highest BCUT2D eigenvalue weighted by atomic mass is 16.6. The molecule has 132 valence electrons. The highest BCUT2D eigenvalue weighted by molar-refractivity contribution is 6.09. The van der Waals surface area contributed by atoms with Gasteiger partial charge < -0.3 is 0 Å². The molecule has 0 bridgehead atoms. The lowest BCUT2D eigenvalue weighted by Crippen LogP contribution is -2.08. The van der Waals surface area contributed by atoms with E-state index >= 15 is 0 Å². The predicted octanol–water partition coefficient (Wildman–Crippen LogP) is 5.84. The molecule has 27 heavy (non-hydrogen) atoms. The summed E-state index contributed by atoms with van der Waals surface area (Å²) in [5.41, 5.74) is 4.94. The van der Waals surface area contributed by atoms with Crippen LogP contribution >= 0.6 is 0 Å². The Labute approximate surface area is 156 Å². The second kappa shape index (κ2) is 6.16. The summed E-state index contributed by atoms with van der Waals surface area (Å²) in [5.74, 6) is 0. The monoisotopic (exact) mass is 354 g/mol. The van der Waals surface area contributed by atoms with Gasteiger partial charge in [0.1, 0.15) is 0 Å². The van der Waals surface area contributed by atoms with Crippen molar-refractivity contribution in [3.05, 3.63) is 81.9 Å². The third-order valence-electron chi connectivity index (χ3n) is 5.55. The number of nitrogens with zero attached hydrogens (tertiary/aromatic N) is 2. The zero-order valence-electron chi connectivity index (χ0n) is 14.8. The van der Waals surface area contributed by atoms with Crippen molar-refractivity contribution in [2.45, 2.75) is 25.7 Å². The molecule has 0 spiro atoms. The second-order valence-electron chi connectivity index (χ2n) is 7.08. The number of hydrogen-bond acceptors (Lipinski definition) is 3. The van der Waals surface area contributed by atoms with E-state index in [0.29, 0.717) is 5.56 Å². The number of aromatic nitrogens is 1. The molecule has 0 radical (unpaired) electrons. The van der Waals surface area contributed by atoms with Crippen LogP contribution < -0.4 is 0 Å². The molecule has 3 aromatic carbocycles. The predicted molar refractivity (Wildman–Crippen MR) is 108 cm³/mol. The van der Waals surface area contributed by atoms with Crippen molar-refractivity contribution in [3.8, 4) is 11.3 Å². The molecule has 0 amide bonds. The fourth-order valence-electron chi connectivity index (χ4n) is 4.36. The lowest BCUT2D eigenvalue weighted by atomic mass is 9.84. The number of rotatable bonds is 2. The van der Waals surface area contributed by atoms with E-state index in [2.05, 4.69) is 30.3 Å². The number of nitro groups is 1. The second-order valence-corrected chi connectivity index (χ2v) is 7.08. The van der Waals surface area contributed by atoms with Gasteiger partial charge in [0.25, 0.3) is 5.69 Å². The lowest BCUT2D eigenvalue weighted by molar-refractivity contribution is -0.384. The summed E-state index contributed by atoms with van der Waals surface area (Å²) in [7, 11) is 0. The fraction of sp³-hybridized carbons (Fsp3) is 0.174. The molecule has 0 saturated heterocycles. The van der Waals surface area contributed by atoms with Gasteiger partial charge in [-0.2, -0.15) is 0 Å². The largest absolute Gasteiger partial charge is 0.278 e. The Morgan fingerprint density at radius 3 is 2.44 bits per heavy atom. The number of benzene rings is 3. The Bertz CT molecular complexity index is 1210. The van der Waals surface area contributed by atoms with E-state index in [1.807, 2.05) is 18.2 Å². The third kappa shape index (κ3) is 2.48. The molecule has 4 nitrogen and oxygen atoms in total. The van der Waals surface area contributed by atoms with Gasteiger partial charge in [-0.15, -0.1) is 0 Å². The van der Waals surface area contributed by atoms with E-state index in [0.717, 1.165) is 36.9 Å². The summed E-state index contributed by atoms with van der Waals surface area (Å²) >= 11 is 0. The quantitative estimate of drug-likeness (QED) is 0.258. The Kier molecular flexibility index (Phi) is 3.64. The molecule has 0 saturated carbocycles. The summed E-state index contributed by atoms with van der Waals surface area (Å²) < 4.78 is 0. The zero-order chi connectivity index (χ0) is 18.4. The van der Waals surface area contributed by atoms with Gasteiger partial charge in [0, 0.05) is 11.5 Å². The van der Waals surface area contributed by atoms with Gasteiger partial charge in [0.2, 0.25) is 0 Å². The van der Waals surface area contributed by atoms with Crippen molar-refractivity contribution in [1.82, 2.24) is 4.98 Å². The molecule has 1 aliphatic carbocycles. The van der Waals surface area contributed by atoms with Gasteiger partial charge in [-0.1, -0.05) is 42.5 Å². The summed E-state index contributed by atoms with van der Waals surface area (Å²) in [4.78, 5) is 16.2. The Balaban J connectivity index is 1.91. The normalized spacial score (nSPS) is 13.6. The van der Waals surface area contributed by atoms with Crippen LogP contribution in [0.2, 0.25) is 0 Å². The average molecular weight is 354 g/mol. The van der Waals surface area contributed by atoms with E-state index in [4.69, 9.17) is 4.98 Å². The van der Waals surface area contributed by atoms with Gasteiger partial charge in [-0.3, -0.25) is 10.1 Å². The first-order valence-electron chi connectivity index (χ1n) is 9.31. The first kappa shape index (κ1) is 15.9. The van der Waals surface area contributed by atoms with Crippen molar-refractivity contribution in [2.75, 3.05) is 0 Å². The molecule has 0 atom stereocenters. The zero-order valence-corrected chi connectivity index (χ0v) is 14.8. The highest BCUT2D eigenvalue weighted by Gasteiger charge is 2.24. The summed E-state index contributed by atoms with van der Waals surface area (Å²) in [6.45, 7) is 0. The molecule has 0 N–H and O–H groups in total. The smallest absolute Gasteiger partial charge is 0.258 e. The highest BCUT2D eigenvalue weighted by Crippen LogP contribution is 2.40. The van der Waals surface area contributed by atoms with Crippen molar-refractivity contribution in [3.63, 3.8) is 0 Å². The van der Waals surface area contributed by atoms with Gasteiger partial charge in [-0.05, 0) is 59.7 Å².